The number of aryl methyl sites for hydroxylation is 2. The van der Waals surface area contributed by atoms with Gasteiger partial charge in [0.2, 0.25) is 0 Å². The zero-order valence-electron chi connectivity index (χ0n) is 9.40. The highest BCUT2D eigenvalue weighted by molar-refractivity contribution is 7.99. The van der Waals surface area contributed by atoms with Gasteiger partial charge in [0.1, 0.15) is 5.03 Å². The molecule has 3 heteroatoms. The molecule has 16 heavy (non-hydrogen) atoms. The number of rotatable bonds is 2. The number of hydrogen-bond donors (Lipinski definition) is 1. The Bertz CT molecular complexity index is 509. The lowest BCUT2D eigenvalue weighted by Gasteiger charge is -2.04. The van der Waals surface area contributed by atoms with Gasteiger partial charge in [-0.3, -0.25) is 0 Å². The second-order valence-corrected chi connectivity index (χ2v) is 4.87. The van der Waals surface area contributed by atoms with Crippen LogP contribution in [-0.2, 0) is 0 Å². The Morgan fingerprint density at radius 3 is 2.56 bits per heavy atom. The minimum atomic E-state index is 0.751. The number of benzene rings is 1. The van der Waals surface area contributed by atoms with Crippen LogP contribution < -0.4 is 5.73 Å². The summed E-state index contributed by atoms with van der Waals surface area (Å²) in [5.41, 5.74) is 9.07. The number of nitrogen functional groups attached to an aromatic ring is 1. The first-order valence-corrected chi connectivity index (χ1v) is 5.93. The van der Waals surface area contributed by atoms with Crippen LogP contribution in [0.4, 0.5) is 5.69 Å². The molecule has 0 aliphatic rings. The molecule has 2 aromatic rings. The summed E-state index contributed by atoms with van der Waals surface area (Å²) in [6.07, 6.45) is 1.73. The fraction of sp³-hybridized carbons (Fsp3) is 0.154. The zero-order valence-corrected chi connectivity index (χ0v) is 10.2. The van der Waals surface area contributed by atoms with E-state index in [-0.39, 0.29) is 0 Å². The molecule has 0 unspecified atom stereocenters. The van der Waals surface area contributed by atoms with Crippen LogP contribution >= 0.6 is 11.8 Å². The van der Waals surface area contributed by atoms with Gasteiger partial charge in [0.05, 0.1) is 0 Å². The average Bonchev–Trinajstić information content (AvgIpc) is 2.24. The first-order valence-electron chi connectivity index (χ1n) is 5.12. The number of pyridine rings is 1. The van der Waals surface area contributed by atoms with Crippen molar-refractivity contribution in [2.45, 2.75) is 23.8 Å². The molecule has 1 heterocycles. The van der Waals surface area contributed by atoms with Gasteiger partial charge in [-0.2, -0.15) is 0 Å². The molecule has 0 aliphatic heterocycles. The maximum absolute atomic E-state index is 5.71. The van der Waals surface area contributed by atoms with E-state index in [9.17, 15) is 0 Å². The summed E-state index contributed by atoms with van der Waals surface area (Å²) >= 11 is 1.63. The third-order valence-corrected chi connectivity index (χ3v) is 3.38. The highest BCUT2D eigenvalue weighted by atomic mass is 32.2. The van der Waals surface area contributed by atoms with Crippen molar-refractivity contribution in [1.82, 2.24) is 4.98 Å². The molecule has 1 aromatic carbocycles. The summed E-state index contributed by atoms with van der Waals surface area (Å²) in [6.45, 7) is 4.23. The SMILES string of the molecule is Cc1ccc(Sc2cc(N)ccn2)cc1C. The van der Waals surface area contributed by atoms with E-state index < -0.39 is 0 Å². The maximum atomic E-state index is 5.71. The predicted molar refractivity (Wildman–Crippen MR) is 68.7 cm³/mol. The topological polar surface area (TPSA) is 38.9 Å². The van der Waals surface area contributed by atoms with Crippen LogP contribution in [0.5, 0.6) is 0 Å². The Morgan fingerprint density at radius 2 is 1.88 bits per heavy atom. The molecule has 0 saturated carbocycles. The smallest absolute Gasteiger partial charge is 0.103 e. The van der Waals surface area contributed by atoms with Crippen molar-refractivity contribution in [2.75, 3.05) is 5.73 Å². The van der Waals surface area contributed by atoms with Crippen molar-refractivity contribution in [3.63, 3.8) is 0 Å². The van der Waals surface area contributed by atoms with Crippen LogP contribution in [0.1, 0.15) is 11.1 Å². The van der Waals surface area contributed by atoms with Gasteiger partial charge in [0.25, 0.3) is 0 Å². The van der Waals surface area contributed by atoms with Gasteiger partial charge < -0.3 is 5.73 Å². The van der Waals surface area contributed by atoms with Crippen molar-refractivity contribution < 1.29 is 0 Å². The van der Waals surface area contributed by atoms with E-state index in [0.717, 1.165) is 10.7 Å². The monoisotopic (exact) mass is 230 g/mol. The van der Waals surface area contributed by atoms with Gasteiger partial charge in [-0.1, -0.05) is 17.8 Å². The Balaban J connectivity index is 2.24. The van der Waals surface area contributed by atoms with E-state index in [4.69, 9.17) is 5.73 Å². The number of hydrogen-bond acceptors (Lipinski definition) is 3. The quantitative estimate of drug-likeness (QED) is 0.859. The molecule has 0 bridgehead atoms. The highest BCUT2D eigenvalue weighted by Crippen LogP contribution is 2.28. The summed E-state index contributed by atoms with van der Waals surface area (Å²) in [6, 6.07) is 10.1. The zero-order chi connectivity index (χ0) is 11.5. The number of anilines is 1. The third kappa shape index (κ3) is 2.55. The van der Waals surface area contributed by atoms with E-state index in [1.165, 1.54) is 16.0 Å². The molecule has 0 amide bonds. The van der Waals surface area contributed by atoms with Gasteiger partial charge in [-0.05, 0) is 49.2 Å². The molecule has 0 atom stereocenters. The molecule has 1 aromatic heterocycles. The summed E-state index contributed by atoms with van der Waals surface area (Å²) in [5.74, 6) is 0. The van der Waals surface area contributed by atoms with Gasteiger partial charge >= 0.3 is 0 Å². The molecule has 0 saturated heterocycles. The minimum absolute atomic E-state index is 0.751. The van der Waals surface area contributed by atoms with Crippen LogP contribution in [0, 0.1) is 13.8 Å². The van der Waals surface area contributed by atoms with E-state index in [0.29, 0.717) is 0 Å². The first-order chi connectivity index (χ1) is 7.65. The molecule has 2 nitrogen and oxygen atoms in total. The molecule has 2 N–H and O–H groups in total. The molecule has 82 valence electrons. The van der Waals surface area contributed by atoms with Gasteiger partial charge in [0, 0.05) is 16.8 Å². The fourth-order valence-electron chi connectivity index (χ4n) is 1.38. The lowest BCUT2D eigenvalue weighted by Crippen LogP contribution is -1.87. The number of aromatic nitrogens is 1. The minimum Gasteiger partial charge on any atom is -0.399 e. The number of nitrogens with zero attached hydrogens (tertiary/aromatic N) is 1. The first kappa shape index (κ1) is 11.0. The standard InChI is InChI=1S/C13H14N2S/c1-9-3-4-12(7-10(9)2)16-13-8-11(14)5-6-15-13/h3-8H,1-2H3,(H2,14,15). The van der Waals surface area contributed by atoms with Crippen molar-refractivity contribution in [2.24, 2.45) is 0 Å². The third-order valence-electron chi connectivity index (χ3n) is 2.46. The molecule has 2 rings (SSSR count). The Labute approximate surface area is 99.9 Å². The van der Waals surface area contributed by atoms with Crippen LogP contribution in [0.2, 0.25) is 0 Å². The summed E-state index contributed by atoms with van der Waals surface area (Å²) < 4.78 is 0. The van der Waals surface area contributed by atoms with Crippen molar-refractivity contribution >= 4 is 17.4 Å². The molecule has 0 spiro atoms. The lowest BCUT2D eigenvalue weighted by molar-refractivity contribution is 1.13. The van der Waals surface area contributed by atoms with Crippen LogP contribution in [0.3, 0.4) is 0 Å². The van der Waals surface area contributed by atoms with Gasteiger partial charge in [-0.25, -0.2) is 4.98 Å². The second-order valence-electron chi connectivity index (χ2n) is 3.78. The van der Waals surface area contributed by atoms with E-state index >= 15 is 0 Å². The van der Waals surface area contributed by atoms with Crippen molar-refractivity contribution in [1.29, 1.82) is 0 Å². The van der Waals surface area contributed by atoms with Crippen LogP contribution in [0.25, 0.3) is 0 Å². The summed E-state index contributed by atoms with van der Waals surface area (Å²) in [5, 5.41) is 0.934. The van der Waals surface area contributed by atoms with Crippen LogP contribution in [-0.4, -0.2) is 4.98 Å². The van der Waals surface area contributed by atoms with E-state index in [1.54, 1.807) is 24.0 Å². The average molecular weight is 230 g/mol. The second kappa shape index (κ2) is 4.58. The van der Waals surface area contributed by atoms with E-state index in [2.05, 4.69) is 37.0 Å². The maximum Gasteiger partial charge on any atom is 0.103 e. The molecular weight excluding hydrogens is 216 g/mol. The summed E-state index contributed by atoms with van der Waals surface area (Å²) in [7, 11) is 0. The van der Waals surface area contributed by atoms with Gasteiger partial charge in [-0.15, -0.1) is 0 Å². The summed E-state index contributed by atoms with van der Waals surface area (Å²) in [4.78, 5) is 5.47. The highest BCUT2D eigenvalue weighted by Gasteiger charge is 2.00. The van der Waals surface area contributed by atoms with Crippen molar-refractivity contribution in [3.05, 3.63) is 47.7 Å². The van der Waals surface area contributed by atoms with Gasteiger partial charge in [0.15, 0.2) is 0 Å². The Morgan fingerprint density at radius 1 is 1.06 bits per heavy atom. The molecule has 0 radical (unpaired) electrons. The fourth-order valence-corrected chi connectivity index (χ4v) is 2.30. The van der Waals surface area contributed by atoms with Crippen LogP contribution in [0.15, 0.2) is 46.5 Å². The normalized spacial score (nSPS) is 10.4. The Hall–Kier alpha value is -1.48. The molecule has 0 fully saturated rings. The lowest BCUT2D eigenvalue weighted by atomic mass is 10.1. The predicted octanol–water partition coefficient (Wildman–Crippen LogP) is 3.43. The molecular formula is C13H14N2S. The Kier molecular flexibility index (Phi) is 3.15. The number of nitrogens with two attached hydrogens (primary N) is 1. The largest absolute Gasteiger partial charge is 0.399 e. The van der Waals surface area contributed by atoms with Crippen molar-refractivity contribution in [3.8, 4) is 0 Å². The van der Waals surface area contributed by atoms with E-state index in [1.807, 2.05) is 6.07 Å². The molecule has 0 aliphatic carbocycles.